The number of halogens is 3. The highest BCUT2D eigenvalue weighted by Crippen LogP contribution is 2.47. The van der Waals surface area contributed by atoms with Crippen molar-refractivity contribution in [1.29, 1.82) is 0 Å². The van der Waals surface area contributed by atoms with Gasteiger partial charge in [0.25, 0.3) is 0 Å². The normalized spacial score (nSPS) is 20.8. The molecule has 168 valence electrons. The van der Waals surface area contributed by atoms with E-state index in [-0.39, 0.29) is 5.41 Å². The quantitative estimate of drug-likeness (QED) is 0.738. The largest absolute Gasteiger partial charge is 0.490 e. The van der Waals surface area contributed by atoms with Crippen molar-refractivity contribution in [1.82, 2.24) is 4.90 Å². The number of carboxylic acid groups (broad SMARTS) is 1. The summed E-state index contributed by atoms with van der Waals surface area (Å²) in [6, 6.07) is 10.6. The van der Waals surface area contributed by atoms with Crippen LogP contribution in [0.3, 0.4) is 0 Å². The zero-order valence-corrected chi connectivity index (χ0v) is 18.2. The van der Waals surface area contributed by atoms with Crippen LogP contribution in [0.2, 0.25) is 0 Å². The number of nitrogens with zero attached hydrogens (tertiary/aromatic N) is 2. The van der Waals surface area contributed by atoms with Crippen molar-refractivity contribution in [2.24, 2.45) is 5.92 Å². The van der Waals surface area contributed by atoms with Crippen LogP contribution in [0.1, 0.15) is 31.4 Å². The van der Waals surface area contributed by atoms with Crippen LogP contribution in [0.15, 0.2) is 41.1 Å². The second-order valence-electron chi connectivity index (χ2n) is 8.30. The fraction of sp³-hybridized carbons (Fsp3) is 0.455. The van der Waals surface area contributed by atoms with E-state index in [1.54, 1.807) is 11.3 Å². The number of carboxylic acids is 1. The highest BCUT2D eigenvalue weighted by molar-refractivity contribution is 7.07. The Morgan fingerprint density at radius 1 is 1.26 bits per heavy atom. The Morgan fingerprint density at radius 2 is 1.94 bits per heavy atom. The molecule has 1 N–H and O–H groups in total. The monoisotopic (exact) mass is 454 g/mol. The SMILES string of the molecule is CC(C)CN1C(=O)C2(CCN(Cc3ccsc3)C2)c2ccccc21.O=C(O)C(F)(F)F. The predicted octanol–water partition coefficient (Wildman–Crippen LogP) is 4.53. The number of benzene rings is 1. The third-order valence-electron chi connectivity index (χ3n) is 5.49. The minimum absolute atomic E-state index is 0.310. The lowest BCUT2D eigenvalue weighted by atomic mass is 9.81. The van der Waals surface area contributed by atoms with E-state index < -0.39 is 12.1 Å². The Balaban J connectivity index is 0.000000339. The lowest BCUT2D eigenvalue weighted by Crippen LogP contribution is -2.43. The summed E-state index contributed by atoms with van der Waals surface area (Å²) < 4.78 is 31.7. The van der Waals surface area contributed by atoms with Crippen molar-refractivity contribution in [3.8, 4) is 0 Å². The highest BCUT2D eigenvalue weighted by atomic mass is 32.1. The van der Waals surface area contributed by atoms with Gasteiger partial charge in [-0.3, -0.25) is 9.69 Å². The van der Waals surface area contributed by atoms with Crippen molar-refractivity contribution < 1.29 is 27.9 Å². The van der Waals surface area contributed by atoms with Gasteiger partial charge in [-0.1, -0.05) is 32.0 Å². The number of hydrogen-bond acceptors (Lipinski definition) is 4. The summed E-state index contributed by atoms with van der Waals surface area (Å²) in [5, 5.41) is 11.5. The van der Waals surface area contributed by atoms with Crippen LogP contribution >= 0.6 is 11.3 Å². The van der Waals surface area contributed by atoms with Gasteiger partial charge in [0.05, 0.1) is 5.41 Å². The van der Waals surface area contributed by atoms with Gasteiger partial charge >= 0.3 is 12.1 Å². The van der Waals surface area contributed by atoms with Gasteiger partial charge in [-0.2, -0.15) is 24.5 Å². The number of likely N-dealkylation sites (tertiary alicyclic amines) is 1. The first kappa shape index (κ1) is 23.3. The van der Waals surface area contributed by atoms with Crippen molar-refractivity contribution in [2.75, 3.05) is 24.5 Å². The molecule has 5 nitrogen and oxygen atoms in total. The number of para-hydroxylation sites is 1. The molecule has 1 saturated heterocycles. The molecule has 1 aromatic carbocycles. The van der Waals surface area contributed by atoms with E-state index >= 15 is 0 Å². The van der Waals surface area contributed by atoms with Crippen LogP contribution in [0.5, 0.6) is 0 Å². The molecule has 0 saturated carbocycles. The third-order valence-corrected chi connectivity index (χ3v) is 6.22. The molecule has 0 aliphatic carbocycles. The minimum Gasteiger partial charge on any atom is -0.475 e. The summed E-state index contributed by atoms with van der Waals surface area (Å²) in [4.78, 5) is 26.7. The molecule has 0 radical (unpaired) electrons. The maximum atomic E-state index is 13.4. The topological polar surface area (TPSA) is 60.9 Å². The zero-order valence-electron chi connectivity index (χ0n) is 17.4. The van der Waals surface area contributed by atoms with Gasteiger partial charge in [0.2, 0.25) is 5.91 Å². The van der Waals surface area contributed by atoms with Gasteiger partial charge in [-0.25, -0.2) is 4.79 Å². The lowest BCUT2D eigenvalue weighted by Gasteiger charge is -2.25. The predicted molar refractivity (Wildman–Crippen MR) is 113 cm³/mol. The van der Waals surface area contributed by atoms with Crippen LogP contribution in [0, 0.1) is 5.92 Å². The molecule has 1 aromatic heterocycles. The van der Waals surface area contributed by atoms with E-state index in [0.29, 0.717) is 11.8 Å². The molecule has 31 heavy (non-hydrogen) atoms. The molecule has 3 heterocycles. The molecular formula is C22H25F3N2O3S. The fourth-order valence-corrected chi connectivity index (χ4v) is 4.86. The van der Waals surface area contributed by atoms with Crippen LogP contribution < -0.4 is 4.90 Å². The molecule has 9 heteroatoms. The highest BCUT2D eigenvalue weighted by Gasteiger charge is 2.54. The number of carbonyl (C=O) groups is 2. The number of alkyl halides is 3. The number of carbonyl (C=O) groups excluding carboxylic acids is 1. The smallest absolute Gasteiger partial charge is 0.475 e. The standard InChI is InChI=1S/C20H24N2OS.C2HF3O2/c1-15(2)11-22-18-6-4-3-5-17(18)20(19(22)23)8-9-21(14-20)12-16-7-10-24-13-16;3-2(4,5)1(6)7/h3-7,10,13,15H,8-9,11-12,14H2,1-2H3;(H,6,7). The molecular weight excluding hydrogens is 429 g/mol. The van der Waals surface area contributed by atoms with E-state index in [0.717, 1.165) is 38.3 Å². The van der Waals surface area contributed by atoms with E-state index in [1.807, 2.05) is 4.90 Å². The van der Waals surface area contributed by atoms with Gasteiger partial charge in [-0.05, 0) is 52.9 Å². The summed E-state index contributed by atoms with van der Waals surface area (Å²) in [5.41, 5.74) is 3.40. The third kappa shape index (κ3) is 4.93. The fourth-order valence-electron chi connectivity index (χ4n) is 4.20. The molecule has 1 fully saturated rings. The number of fused-ring (bicyclic) bond motifs is 2. The first-order valence-electron chi connectivity index (χ1n) is 9.99. The molecule has 1 spiro atoms. The Bertz CT molecular complexity index is 930. The number of amides is 1. The molecule has 1 unspecified atom stereocenters. The number of rotatable bonds is 4. The Kier molecular flexibility index (Phi) is 6.76. The number of anilines is 1. The first-order valence-corrected chi connectivity index (χ1v) is 10.9. The van der Waals surface area contributed by atoms with Gasteiger partial charge in [0.15, 0.2) is 0 Å². The maximum absolute atomic E-state index is 13.4. The van der Waals surface area contributed by atoms with Gasteiger partial charge < -0.3 is 10.0 Å². The maximum Gasteiger partial charge on any atom is 0.490 e. The summed E-state index contributed by atoms with van der Waals surface area (Å²) in [6.45, 7) is 7.95. The molecule has 2 aliphatic rings. The molecule has 0 bridgehead atoms. The summed E-state index contributed by atoms with van der Waals surface area (Å²) in [7, 11) is 0. The Morgan fingerprint density at radius 3 is 2.52 bits per heavy atom. The molecule has 1 atom stereocenters. The van der Waals surface area contributed by atoms with Crippen molar-refractivity contribution in [3.63, 3.8) is 0 Å². The second-order valence-corrected chi connectivity index (χ2v) is 9.08. The molecule has 2 aromatic rings. The van der Waals surface area contributed by atoms with Crippen LogP contribution in [0.4, 0.5) is 18.9 Å². The Labute approximate surface area is 183 Å². The molecule has 2 aliphatic heterocycles. The van der Waals surface area contributed by atoms with Crippen molar-refractivity contribution in [2.45, 2.75) is 38.4 Å². The summed E-state index contributed by atoms with van der Waals surface area (Å²) in [5.74, 6) is -1.97. The van der Waals surface area contributed by atoms with E-state index in [4.69, 9.17) is 9.90 Å². The minimum atomic E-state index is -5.08. The van der Waals surface area contributed by atoms with E-state index in [9.17, 15) is 18.0 Å². The molecule has 4 rings (SSSR count). The van der Waals surface area contributed by atoms with Gasteiger partial charge in [-0.15, -0.1) is 0 Å². The van der Waals surface area contributed by atoms with Crippen LogP contribution in [-0.4, -0.2) is 47.7 Å². The summed E-state index contributed by atoms with van der Waals surface area (Å²) in [6.07, 6.45) is -4.15. The zero-order chi connectivity index (χ0) is 22.8. The average Bonchev–Trinajstić information content (AvgIpc) is 3.40. The molecule has 1 amide bonds. The average molecular weight is 455 g/mol. The summed E-state index contributed by atoms with van der Waals surface area (Å²) >= 11 is 1.74. The van der Waals surface area contributed by atoms with Crippen molar-refractivity contribution in [3.05, 3.63) is 52.2 Å². The van der Waals surface area contributed by atoms with Gasteiger partial charge in [0.1, 0.15) is 0 Å². The van der Waals surface area contributed by atoms with Crippen LogP contribution in [0.25, 0.3) is 0 Å². The second kappa shape index (κ2) is 9.00. The number of thiophene rings is 1. The number of aliphatic carboxylic acids is 1. The van der Waals surface area contributed by atoms with Crippen molar-refractivity contribution >= 4 is 28.9 Å². The first-order chi connectivity index (χ1) is 14.5. The van der Waals surface area contributed by atoms with E-state index in [2.05, 4.69) is 59.8 Å². The van der Waals surface area contributed by atoms with Gasteiger partial charge in [0, 0.05) is 25.3 Å². The Hall–Kier alpha value is -2.39. The number of hydrogen-bond donors (Lipinski definition) is 1. The lowest BCUT2D eigenvalue weighted by molar-refractivity contribution is -0.192. The van der Waals surface area contributed by atoms with E-state index in [1.165, 1.54) is 11.1 Å². The van der Waals surface area contributed by atoms with Crippen LogP contribution in [-0.2, 0) is 21.5 Å².